The molecule has 0 radical (unpaired) electrons. The molecule has 0 unspecified atom stereocenters. The fourth-order valence-corrected chi connectivity index (χ4v) is 1.92. The number of rotatable bonds is 3. The number of nitrogens with zero attached hydrogens (tertiary/aromatic N) is 4. The molecule has 2 aromatic heterocycles. The average molecular weight is 300 g/mol. The van der Waals surface area contributed by atoms with Crippen LogP contribution in [-0.2, 0) is 0 Å². The fraction of sp³-hybridized carbons (Fsp3) is 0. The number of benzene rings is 1. The highest BCUT2D eigenvalue weighted by Crippen LogP contribution is 2.19. The number of carbonyl (C=O) groups excluding carboxylic acids is 1. The van der Waals surface area contributed by atoms with Crippen molar-refractivity contribution in [2.75, 3.05) is 5.43 Å². The molecule has 21 heavy (non-hydrogen) atoms. The molecule has 0 aliphatic carbocycles. The van der Waals surface area contributed by atoms with Crippen molar-refractivity contribution in [3.8, 4) is 11.4 Å². The third-order valence-corrected chi connectivity index (χ3v) is 3.03. The molecule has 0 spiro atoms. The molecule has 0 saturated heterocycles. The molecule has 6 nitrogen and oxygen atoms in total. The van der Waals surface area contributed by atoms with Crippen LogP contribution in [0.25, 0.3) is 11.4 Å². The summed E-state index contributed by atoms with van der Waals surface area (Å²) < 4.78 is 1.54. The number of hydrogen-bond acceptors (Lipinski definition) is 4. The summed E-state index contributed by atoms with van der Waals surface area (Å²) in [6.07, 6.45) is 6.09. The Hall–Kier alpha value is -2.73. The van der Waals surface area contributed by atoms with Gasteiger partial charge in [-0.25, -0.2) is 19.6 Å². The largest absolute Gasteiger partial charge is 0.288 e. The van der Waals surface area contributed by atoms with E-state index in [1.165, 1.54) is 23.3 Å². The first kappa shape index (κ1) is 13.3. The molecule has 1 aromatic carbocycles. The first-order valence-corrected chi connectivity index (χ1v) is 6.48. The third-order valence-electron chi connectivity index (χ3n) is 2.78. The van der Waals surface area contributed by atoms with Gasteiger partial charge in [-0.2, -0.15) is 0 Å². The van der Waals surface area contributed by atoms with Crippen molar-refractivity contribution in [3.63, 3.8) is 0 Å². The van der Waals surface area contributed by atoms with Crippen LogP contribution in [0.5, 0.6) is 0 Å². The maximum Gasteiger partial charge on any atom is 0.288 e. The summed E-state index contributed by atoms with van der Waals surface area (Å²) in [6.45, 7) is 0. The third kappa shape index (κ3) is 2.90. The van der Waals surface area contributed by atoms with Crippen LogP contribution < -0.4 is 5.43 Å². The van der Waals surface area contributed by atoms with Crippen LogP contribution in [0.15, 0.2) is 55.2 Å². The summed E-state index contributed by atoms with van der Waals surface area (Å²) in [4.78, 5) is 24.0. The van der Waals surface area contributed by atoms with Crippen molar-refractivity contribution in [1.29, 1.82) is 0 Å². The standard InChI is InChI=1S/C14H10ClN5O/c15-11-3-1-10(2-4-11)13-17-7-8-20(13)19-14(21)12-5-6-16-9-18-12/h1-9H,(H,19,21). The first-order chi connectivity index (χ1) is 10.2. The minimum atomic E-state index is -0.342. The molecule has 0 aliphatic rings. The summed E-state index contributed by atoms with van der Waals surface area (Å²) in [6, 6.07) is 8.73. The van der Waals surface area contributed by atoms with E-state index in [0.717, 1.165) is 5.56 Å². The Kier molecular flexibility index (Phi) is 3.61. The molecule has 1 N–H and O–H groups in total. The summed E-state index contributed by atoms with van der Waals surface area (Å²) >= 11 is 5.87. The lowest BCUT2D eigenvalue weighted by Crippen LogP contribution is -2.23. The van der Waals surface area contributed by atoms with E-state index in [0.29, 0.717) is 10.8 Å². The van der Waals surface area contributed by atoms with E-state index in [9.17, 15) is 4.79 Å². The Morgan fingerprint density at radius 2 is 1.90 bits per heavy atom. The van der Waals surface area contributed by atoms with Crippen LogP contribution in [0, 0.1) is 0 Å². The van der Waals surface area contributed by atoms with E-state index < -0.39 is 0 Å². The monoisotopic (exact) mass is 299 g/mol. The molecule has 0 atom stereocenters. The van der Waals surface area contributed by atoms with Crippen LogP contribution in [0.4, 0.5) is 0 Å². The van der Waals surface area contributed by atoms with Crippen molar-refractivity contribution in [2.45, 2.75) is 0 Å². The molecule has 0 fully saturated rings. The molecular formula is C14H10ClN5O. The lowest BCUT2D eigenvalue weighted by atomic mass is 10.2. The van der Waals surface area contributed by atoms with Gasteiger partial charge in [0.2, 0.25) is 0 Å². The molecule has 3 rings (SSSR count). The molecule has 3 aromatic rings. The van der Waals surface area contributed by atoms with E-state index >= 15 is 0 Å². The maximum absolute atomic E-state index is 12.1. The smallest absolute Gasteiger partial charge is 0.266 e. The Labute approximate surface area is 125 Å². The van der Waals surface area contributed by atoms with Crippen molar-refractivity contribution >= 4 is 17.5 Å². The van der Waals surface area contributed by atoms with Gasteiger partial charge in [-0.1, -0.05) is 11.6 Å². The number of nitrogens with one attached hydrogen (secondary N) is 1. The predicted molar refractivity (Wildman–Crippen MR) is 78.4 cm³/mol. The van der Waals surface area contributed by atoms with Crippen LogP contribution in [0.1, 0.15) is 10.5 Å². The molecule has 104 valence electrons. The number of imidazole rings is 1. The topological polar surface area (TPSA) is 72.7 Å². The van der Waals surface area contributed by atoms with E-state index in [-0.39, 0.29) is 11.6 Å². The first-order valence-electron chi connectivity index (χ1n) is 6.11. The van der Waals surface area contributed by atoms with E-state index in [4.69, 9.17) is 11.6 Å². The number of halogens is 1. The van der Waals surface area contributed by atoms with Crippen LogP contribution in [0.3, 0.4) is 0 Å². The fourth-order valence-electron chi connectivity index (χ4n) is 1.80. The average Bonchev–Trinajstić information content (AvgIpc) is 2.97. The van der Waals surface area contributed by atoms with Crippen LogP contribution >= 0.6 is 11.6 Å². The summed E-state index contributed by atoms with van der Waals surface area (Å²) in [7, 11) is 0. The normalized spacial score (nSPS) is 10.3. The number of amides is 1. The van der Waals surface area contributed by atoms with E-state index in [2.05, 4.69) is 20.4 Å². The van der Waals surface area contributed by atoms with Gasteiger partial charge in [0.1, 0.15) is 12.0 Å². The Balaban J connectivity index is 1.86. The van der Waals surface area contributed by atoms with Crippen molar-refractivity contribution in [1.82, 2.24) is 19.6 Å². The molecular weight excluding hydrogens is 290 g/mol. The molecule has 2 heterocycles. The minimum Gasteiger partial charge on any atom is -0.266 e. The zero-order chi connectivity index (χ0) is 14.7. The molecule has 0 bridgehead atoms. The highest BCUT2D eigenvalue weighted by molar-refractivity contribution is 6.30. The van der Waals surface area contributed by atoms with Gasteiger partial charge in [0.15, 0.2) is 5.82 Å². The quantitative estimate of drug-likeness (QED) is 0.806. The summed E-state index contributed by atoms with van der Waals surface area (Å²) in [5.41, 5.74) is 3.83. The molecule has 7 heteroatoms. The maximum atomic E-state index is 12.1. The second-order valence-corrected chi connectivity index (χ2v) is 4.60. The van der Waals surface area contributed by atoms with Crippen LogP contribution in [-0.4, -0.2) is 25.5 Å². The number of hydrogen-bond donors (Lipinski definition) is 1. The molecule has 1 amide bonds. The Bertz CT molecular complexity index is 755. The predicted octanol–water partition coefficient (Wildman–Crippen LogP) is 2.38. The van der Waals surface area contributed by atoms with Crippen molar-refractivity contribution in [3.05, 3.63) is 66.0 Å². The highest BCUT2D eigenvalue weighted by Gasteiger charge is 2.11. The summed E-state index contributed by atoms with van der Waals surface area (Å²) in [5, 5.41) is 0.641. The van der Waals surface area contributed by atoms with Crippen LogP contribution in [0.2, 0.25) is 5.02 Å². The zero-order valence-corrected chi connectivity index (χ0v) is 11.5. The van der Waals surface area contributed by atoms with Gasteiger partial charge in [0.05, 0.1) is 0 Å². The van der Waals surface area contributed by atoms with Gasteiger partial charge in [-0.05, 0) is 30.3 Å². The number of carbonyl (C=O) groups is 1. The lowest BCUT2D eigenvalue weighted by Gasteiger charge is -2.09. The Morgan fingerprint density at radius 3 is 2.62 bits per heavy atom. The lowest BCUT2D eigenvalue weighted by molar-refractivity contribution is 0.100. The van der Waals surface area contributed by atoms with E-state index in [1.54, 1.807) is 24.5 Å². The second kappa shape index (κ2) is 5.72. The van der Waals surface area contributed by atoms with Gasteiger partial charge in [-0.15, -0.1) is 0 Å². The second-order valence-electron chi connectivity index (χ2n) is 4.16. The zero-order valence-electron chi connectivity index (χ0n) is 10.8. The van der Waals surface area contributed by atoms with Gasteiger partial charge in [0, 0.05) is 29.2 Å². The SMILES string of the molecule is O=C(Nn1ccnc1-c1ccc(Cl)cc1)c1ccncn1. The van der Waals surface area contributed by atoms with Gasteiger partial charge in [-0.3, -0.25) is 10.2 Å². The van der Waals surface area contributed by atoms with E-state index in [1.807, 2.05) is 12.1 Å². The minimum absolute atomic E-state index is 0.278. The highest BCUT2D eigenvalue weighted by atomic mass is 35.5. The van der Waals surface area contributed by atoms with Gasteiger partial charge >= 0.3 is 0 Å². The van der Waals surface area contributed by atoms with Gasteiger partial charge < -0.3 is 0 Å². The van der Waals surface area contributed by atoms with Gasteiger partial charge in [0.25, 0.3) is 5.91 Å². The molecule has 0 saturated carbocycles. The molecule has 0 aliphatic heterocycles. The van der Waals surface area contributed by atoms with Crippen molar-refractivity contribution in [2.24, 2.45) is 0 Å². The summed E-state index contributed by atoms with van der Waals surface area (Å²) in [5.74, 6) is 0.264. The van der Waals surface area contributed by atoms with Crippen molar-refractivity contribution < 1.29 is 4.79 Å². The Morgan fingerprint density at radius 1 is 1.10 bits per heavy atom. The number of aromatic nitrogens is 4.